The third kappa shape index (κ3) is 5.25. The van der Waals surface area contributed by atoms with E-state index < -0.39 is 35.8 Å². The predicted molar refractivity (Wildman–Crippen MR) is 92.9 cm³/mol. The Morgan fingerprint density at radius 3 is 1.48 bits per heavy atom. The molecule has 0 aliphatic rings. The molecule has 0 saturated heterocycles. The highest BCUT2D eigenvalue weighted by molar-refractivity contribution is 5.43. The number of H-pyrrole nitrogens is 1. The molecule has 0 saturated carbocycles. The Labute approximate surface area is 170 Å². The van der Waals surface area contributed by atoms with E-state index in [9.17, 15) is 26.3 Å². The van der Waals surface area contributed by atoms with Gasteiger partial charge in [-0.15, -0.1) is 26.3 Å². The van der Waals surface area contributed by atoms with Crippen LogP contribution in [-0.4, -0.2) is 27.9 Å². The second kappa shape index (κ2) is 8.08. The van der Waals surface area contributed by atoms with E-state index in [0.717, 1.165) is 54.9 Å². The molecule has 3 rings (SSSR count). The van der Waals surface area contributed by atoms with E-state index in [0.29, 0.717) is 0 Å². The molecule has 0 spiro atoms. The highest BCUT2D eigenvalue weighted by Crippen LogP contribution is 2.46. The fourth-order valence-corrected chi connectivity index (χ4v) is 3.08. The molecule has 0 fully saturated rings. The van der Waals surface area contributed by atoms with Crippen LogP contribution in [0.25, 0.3) is 0 Å². The number of halogens is 7. The van der Waals surface area contributed by atoms with Crippen LogP contribution >= 0.6 is 0 Å². The van der Waals surface area contributed by atoms with Gasteiger partial charge in [0.2, 0.25) is 0 Å². The van der Waals surface area contributed by atoms with Crippen molar-refractivity contribution in [2.24, 2.45) is 0 Å². The SMILES string of the molecule is CC(c1ncn[nH]1)C(F)(c1ccc(OC(F)(F)F)cc1)c1ccc(OC(F)(F)F)cc1. The first-order chi connectivity index (χ1) is 14.4. The second-order valence-corrected chi connectivity index (χ2v) is 6.45. The molecule has 0 bridgehead atoms. The molecule has 1 N–H and O–H groups in total. The molecule has 12 heteroatoms. The van der Waals surface area contributed by atoms with Gasteiger partial charge in [0.15, 0.2) is 5.67 Å². The molecule has 1 unspecified atom stereocenters. The van der Waals surface area contributed by atoms with Gasteiger partial charge in [-0.3, -0.25) is 5.10 Å². The molecule has 3 aromatic rings. The molecule has 0 radical (unpaired) electrons. The third-order valence-corrected chi connectivity index (χ3v) is 4.46. The van der Waals surface area contributed by atoms with Gasteiger partial charge in [0.25, 0.3) is 0 Å². The molecule has 1 atom stereocenters. The monoisotopic (exact) mass is 449 g/mol. The van der Waals surface area contributed by atoms with Crippen molar-refractivity contribution in [1.82, 2.24) is 15.2 Å². The number of nitrogens with zero attached hydrogens (tertiary/aromatic N) is 2. The summed E-state index contributed by atoms with van der Waals surface area (Å²) in [5.74, 6) is -2.04. The molecule has 0 amide bonds. The van der Waals surface area contributed by atoms with Crippen LogP contribution < -0.4 is 9.47 Å². The fraction of sp³-hybridized carbons (Fsp3) is 0.263. The summed E-state index contributed by atoms with van der Waals surface area (Å²) in [5.41, 5.74) is -2.54. The smallest absolute Gasteiger partial charge is 0.406 e. The summed E-state index contributed by atoms with van der Waals surface area (Å²) in [6.07, 6.45) is -8.70. The van der Waals surface area contributed by atoms with E-state index in [4.69, 9.17) is 0 Å². The van der Waals surface area contributed by atoms with E-state index in [1.54, 1.807) is 0 Å². The van der Waals surface area contributed by atoms with Crippen molar-refractivity contribution in [2.75, 3.05) is 0 Å². The van der Waals surface area contributed by atoms with Gasteiger partial charge >= 0.3 is 12.7 Å². The lowest BCUT2D eigenvalue weighted by molar-refractivity contribution is -0.275. The first-order valence-corrected chi connectivity index (χ1v) is 8.65. The normalized spacial score (nSPS) is 13.7. The molecule has 31 heavy (non-hydrogen) atoms. The summed E-state index contributed by atoms with van der Waals surface area (Å²) < 4.78 is 98.5. The zero-order valence-corrected chi connectivity index (χ0v) is 15.6. The highest BCUT2D eigenvalue weighted by Gasteiger charge is 2.43. The molecule has 1 aromatic heterocycles. The zero-order valence-electron chi connectivity index (χ0n) is 15.6. The quantitative estimate of drug-likeness (QED) is 0.497. The fourth-order valence-electron chi connectivity index (χ4n) is 3.08. The van der Waals surface area contributed by atoms with Crippen LogP contribution in [-0.2, 0) is 5.67 Å². The molecule has 0 aliphatic heterocycles. The minimum absolute atomic E-state index is 0.0737. The van der Waals surface area contributed by atoms with Crippen LogP contribution in [0.5, 0.6) is 11.5 Å². The summed E-state index contributed by atoms with van der Waals surface area (Å²) in [6, 6.07) is 8.11. The lowest BCUT2D eigenvalue weighted by Crippen LogP contribution is -2.30. The lowest BCUT2D eigenvalue weighted by Gasteiger charge is -2.31. The summed E-state index contributed by atoms with van der Waals surface area (Å²) in [5, 5.41) is 6.18. The maximum Gasteiger partial charge on any atom is 0.573 e. The van der Waals surface area contributed by atoms with Crippen molar-refractivity contribution in [3.05, 3.63) is 71.8 Å². The minimum Gasteiger partial charge on any atom is -0.406 e. The number of rotatable bonds is 6. The molecular formula is C19H14F7N3O2. The molecule has 1 heterocycles. The Balaban J connectivity index is 2.02. The Morgan fingerprint density at radius 2 is 1.16 bits per heavy atom. The zero-order chi connectivity index (χ0) is 22.9. The van der Waals surface area contributed by atoms with Gasteiger partial charge in [0.05, 0.1) is 5.92 Å². The molecule has 166 valence electrons. The number of benzene rings is 2. The molecule has 2 aromatic carbocycles. The molecule has 0 aliphatic carbocycles. The largest absolute Gasteiger partial charge is 0.573 e. The number of hydrogen-bond acceptors (Lipinski definition) is 4. The van der Waals surface area contributed by atoms with Gasteiger partial charge in [0.1, 0.15) is 23.7 Å². The van der Waals surface area contributed by atoms with Gasteiger partial charge in [0, 0.05) is 0 Å². The topological polar surface area (TPSA) is 60.0 Å². The average Bonchev–Trinajstić information content (AvgIpc) is 3.20. The summed E-state index contributed by atoms with van der Waals surface area (Å²) in [7, 11) is 0. The Morgan fingerprint density at radius 1 is 0.742 bits per heavy atom. The summed E-state index contributed by atoms with van der Waals surface area (Å²) >= 11 is 0. The number of nitrogens with one attached hydrogen (secondary N) is 1. The van der Waals surface area contributed by atoms with Crippen LogP contribution in [0.3, 0.4) is 0 Å². The van der Waals surface area contributed by atoms with Gasteiger partial charge in [-0.2, -0.15) is 5.10 Å². The molecule has 5 nitrogen and oxygen atoms in total. The second-order valence-electron chi connectivity index (χ2n) is 6.45. The Bertz CT molecular complexity index is 926. The number of ether oxygens (including phenoxy) is 2. The van der Waals surface area contributed by atoms with E-state index >= 15 is 4.39 Å². The van der Waals surface area contributed by atoms with Crippen molar-refractivity contribution in [3.8, 4) is 11.5 Å². The van der Waals surface area contributed by atoms with Crippen molar-refractivity contribution < 1.29 is 40.2 Å². The van der Waals surface area contributed by atoms with Crippen LogP contribution in [0, 0.1) is 0 Å². The third-order valence-electron chi connectivity index (χ3n) is 4.46. The first-order valence-electron chi connectivity index (χ1n) is 8.65. The van der Waals surface area contributed by atoms with E-state index in [-0.39, 0.29) is 17.0 Å². The van der Waals surface area contributed by atoms with Gasteiger partial charge in [-0.05, 0) is 35.4 Å². The van der Waals surface area contributed by atoms with Crippen molar-refractivity contribution in [3.63, 3.8) is 0 Å². The van der Waals surface area contributed by atoms with Gasteiger partial charge in [-0.1, -0.05) is 31.2 Å². The summed E-state index contributed by atoms with van der Waals surface area (Å²) in [4.78, 5) is 3.91. The average molecular weight is 449 g/mol. The van der Waals surface area contributed by atoms with Crippen molar-refractivity contribution in [1.29, 1.82) is 0 Å². The minimum atomic E-state index is -4.92. The summed E-state index contributed by atoms with van der Waals surface area (Å²) in [6.45, 7) is 1.45. The van der Waals surface area contributed by atoms with Crippen molar-refractivity contribution in [2.45, 2.75) is 31.2 Å². The maximum absolute atomic E-state index is 16.5. The van der Waals surface area contributed by atoms with E-state index in [1.165, 1.54) is 6.92 Å². The number of aromatic nitrogens is 3. The predicted octanol–water partition coefficient (Wildman–Crippen LogP) is 5.62. The maximum atomic E-state index is 16.5. The van der Waals surface area contributed by atoms with Gasteiger partial charge < -0.3 is 9.47 Å². The van der Waals surface area contributed by atoms with Crippen LogP contribution in [0.2, 0.25) is 0 Å². The highest BCUT2D eigenvalue weighted by atomic mass is 19.4. The first kappa shape index (κ1) is 22.4. The van der Waals surface area contributed by atoms with Crippen LogP contribution in [0.15, 0.2) is 54.9 Å². The Hall–Kier alpha value is -3.31. The van der Waals surface area contributed by atoms with E-state index in [1.807, 2.05) is 0 Å². The van der Waals surface area contributed by atoms with Crippen molar-refractivity contribution >= 4 is 0 Å². The number of aromatic amines is 1. The number of alkyl halides is 7. The van der Waals surface area contributed by atoms with Gasteiger partial charge in [-0.25, -0.2) is 9.37 Å². The Kier molecular flexibility index (Phi) is 5.83. The standard InChI is InChI=1S/C19H14F7N3O2/c1-11(16-27-10-28-29-16)17(20,12-2-6-14(7-3-12)30-18(21,22)23)13-4-8-15(9-5-13)31-19(24,25)26/h2-11H,1H3,(H,27,28,29). The van der Waals surface area contributed by atoms with Crippen LogP contribution in [0.1, 0.15) is 29.8 Å². The number of hydrogen-bond donors (Lipinski definition) is 1. The van der Waals surface area contributed by atoms with E-state index in [2.05, 4.69) is 24.7 Å². The molecular weight excluding hydrogens is 435 g/mol. The lowest BCUT2D eigenvalue weighted by atomic mass is 9.78. The van der Waals surface area contributed by atoms with Crippen LogP contribution in [0.4, 0.5) is 30.7 Å².